The third kappa shape index (κ3) is 7.93. The Morgan fingerprint density at radius 3 is 2.39 bits per heavy atom. The minimum atomic E-state index is -0.538. The highest BCUT2D eigenvalue weighted by atomic mass is 35.5. The number of nitrogens with one attached hydrogen (secondary N) is 3. The molecule has 1 aromatic heterocycles. The zero-order chi connectivity index (χ0) is 26.9. The number of hydrogen-bond acceptors (Lipinski definition) is 6. The molecule has 0 saturated carbocycles. The number of carbonyl (C=O) groups is 3. The molecule has 0 radical (unpaired) electrons. The van der Waals surface area contributed by atoms with Crippen LogP contribution in [-0.2, 0) is 9.59 Å². The minimum absolute atomic E-state index is 0.000356. The number of anilines is 2. The van der Waals surface area contributed by atoms with Gasteiger partial charge in [-0.05, 0) is 60.2 Å². The van der Waals surface area contributed by atoms with Crippen molar-refractivity contribution in [2.75, 3.05) is 16.4 Å². The average molecular weight is 584 g/mol. The molecule has 0 saturated heterocycles. The van der Waals surface area contributed by atoms with Gasteiger partial charge < -0.3 is 16.0 Å². The summed E-state index contributed by atoms with van der Waals surface area (Å²) in [4.78, 5) is 42.9. The van der Waals surface area contributed by atoms with Crippen LogP contribution in [0.5, 0.6) is 0 Å². The van der Waals surface area contributed by atoms with Crippen molar-refractivity contribution in [2.24, 2.45) is 0 Å². The maximum absolute atomic E-state index is 13.2. The fourth-order valence-electron chi connectivity index (χ4n) is 3.14. The maximum Gasteiger partial charge on any atom is 0.272 e. The van der Waals surface area contributed by atoms with Crippen LogP contribution in [0.15, 0.2) is 95.0 Å². The summed E-state index contributed by atoms with van der Waals surface area (Å²) in [6.45, 7) is 0. The predicted molar refractivity (Wildman–Crippen MR) is 155 cm³/mol. The molecule has 0 fully saturated rings. The average Bonchev–Trinajstić information content (AvgIpc) is 3.42. The molecule has 0 unspecified atom stereocenters. The van der Waals surface area contributed by atoms with E-state index in [9.17, 15) is 14.4 Å². The van der Waals surface area contributed by atoms with E-state index in [4.69, 9.17) is 23.2 Å². The van der Waals surface area contributed by atoms with Crippen LogP contribution in [0.2, 0.25) is 10.0 Å². The molecule has 0 bridgehead atoms. The Bertz CT molecular complexity index is 1460. The molecule has 0 aliphatic carbocycles. The van der Waals surface area contributed by atoms with Gasteiger partial charge in [0.05, 0.1) is 5.75 Å². The van der Waals surface area contributed by atoms with Gasteiger partial charge in [0.1, 0.15) is 5.70 Å². The Hall–Kier alpha value is -3.63. The second-order valence-electron chi connectivity index (χ2n) is 7.70. The topological polar surface area (TPSA) is 100 Å². The molecule has 4 aromatic rings. The highest BCUT2D eigenvalue weighted by molar-refractivity contribution is 8.00. The summed E-state index contributed by atoms with van der Waals surface area (Å²) in [5.41, 5.74) is 1.42. The molecule has 7 nitrogen and oxygen atoms in total. The summed E-state index contributed by atoms with van der Waals surface area (Å²) < 4.78 is 0. The van der Waals surface area contributed by atoms with Crippen LogP contribution < -0.4 is 16.0 Å². The third-order valence-corrected chi connectivity index (χ3v) is 7.21. The molecule has 192 valence electrons. The maximum atomic E-state index is 13.2. The Morgan fingerprint density at radius 1 is 0.947 bits per heavy atom. The number of carbonyl (C=O) groups excluding carboxylic acids is 3. The predicted octanol–water partition coefficient (Wildman–Crippen LogP) is 6.59. The lowest BCUT2D eigenvalue weighted by Crippen LogP contribution is -2.30. The Morgan fingerprint density at radius 2 is 1.71 bits per heavy atom. The Labute approximate surface area is 237 Å². The van der Waals surface area contributed by atoms with Crippen molar-refractivity contribution in [1.82, 2.24) is 10.3 Å². The van der Waals surface area contributed by atoms with Gasteiger partial charge in [0, 0.05) is 37.8 Å². The third-order valence-electron chi connectivity index (χ3n) is 4.95. The molecule has 0 atom stereocenters. The van der Waals surface area contributed by atoms with Crippen LogP contribution in [0.1, 0.15) is 15.9 Å². The first-order chi connectivity index (χ1) is 18.4. The van der Waals surface area contributed by atoms with Gasteiger partial charge in [-0.25, -0.2) is 4.98 Å². The van der Waals surface area contributed by atoms with E-state index in [1.165, 1.54) is 29.2 Å². The molecule has 0 aliphatic heterocycles. The van der Waals surface area contributed by atoms with Gasteiger partial charge >= 0.3 is 0 Å². The van der Waals surface area contributed by atoms with E-state index >= 15 is 0 Å². The molecule has 3 N–H and O–H groups in total. The van der Waals surface area contributed by atoms with Crippen molar-refractivity contribution in [2.45, 2.75) is 4.90 Å². The zero-order valence-electron chi connectivity index (χ0n) is 19.6. The number of nitrogens with zero attached hydrogens (tertiary/aromatic N) is 1. The van der Waals surface area contributed by atoms with Gasteiger partial charge in [-0.2, -0.15) is 0 Å². The number of aromatic nitrogens is 1. The van der Waals surface area contributed by atoms with Crippen LogP contribution in [0, 0.1) is 0 Å². The fourth-order valence-corrected chi connectivity index (χ4v) is 4.85. The molecule has 1 heterocycles. The normalized spacial score (nSPS) is 11.1. The first-order valence-corrected chi connectivity index (χ1v) is 13.8. The Balaban J connectivity index is 1.44. The number of halogens is 2. The van der Waals surface area contributed by atoms with Crippen molar-refractivity contribution in [1.29, 1.82) is 0 Å². The number of amides is 3. The van der Waals surface area contributed by atoms with Gasteiger partial charge in [0.2, 0.25) is 5.91 Å². The molecular formula is C27H20Cl2N4O3S2. The van der Waals surface area contributed by atoms with Crippen LogP contribution in [-0.4, -0.2) is 28.5 Å². The lowest BCUT2D eigenvalue weighted by molar-refractivity contribution is -0.114. The van der Waals surface area contributed by atoms with Crippen LogP contribution in [0.4, 0.5) is 10.8 Å². The van der Waals surface area contributed by atoms with Crippen molar-refractivity contribution >= 4 is 80.9 Å². The first kappa shape index (κ1) is 27.4. The lowest BCUT2D eigenvalue weighted by Gasteiger charge is -2.12. The van der Waals surface area contributed by atoms with Crippen molar-refractivity contribution in [3.63, 3.8) is 0 Å². The van der Waals surface area contributed by atoms with Gasteiger partial charge in [-0.15, -0.1) is 23.1 Å². The van der Waals surface area contributed by atoms with Crippen molar-refractivity contribution in [3.05, 3.63) is 111 Å². The molecule has 4 rings (SSSR count). The van der Waals surface area contributed by atoms with E-state index in [0.717, 1.165) is 4.90 Å². The largest absolute Gasteiger partial charge is 0.321 e. The van der Waals surface area contributed by atoms with Gasteiger partial charge in [-0.3, -0.25) is 14.4 Å². The van der Waals surface area contributed by atoms with Crippen LogP contribution in [0.25, 0.3) is 6.08 Å². The van der Waals surface area contributed by atoms with E-state index < -0.39 is 11.8 Å². The number of rotatable bonds is 9. The lowest BCUT2D eigenvalue weighted by atomic mass is 10.1. The summed E-state index contributed by atoms with van der Waals surface area (Å²) in [6, 6.07) is 20.4. The highest BCUT2D eigenvalue weighted by Crippen LogP contribution is 2.24. The van der Waals surface area contributed by atoms with E-state index in [1.807, 2.05) is 0 Å². The second-order valence-corrected chi connectivity index (χ2v) is 10.5. The van der Waals surface area contributed by atoms with Crippen molar-refractivity contribution in [3.8, 4) is 0 Å². The first-order valence-electron chi connectivity index (χ1n) is 11.1. The molecule has 3 aromatic carbocycles. The SMILES string of the molecule is O=C(CSc1ccc(NC(=O)/C(=C/c2ccc(Cl)cc2Cl)NC(=O)c2ccccc2)cc1)Nc1nccs1. The summed E-state index contributed by atoms with van der Waals surface area (Å²) in [6.07, 6.45) is 3.11. The molecular weight excluding hydrogens is 563 g/mol. The van der Waals surface area contributed by atoms with E-state index in [0.29, 0.717) is 32.0 Å². The minimum Gasteiger partial charge on any atom is -0.321 e. The van der Waals surface area contributed by atoms with E-state index in [2.05, 4.69) is 20.9 Å². The smallest absolute Gasteiger partial charge is 0.272 e. The van der Waals surface area contributed by atoms with E-state index in [1.54, 1.807) is 84.4 Å². The summed E-state index contributed by atoms with van der Waals surface area (Å²) in [5, 5.41) is 11.3. The summed E-state index contributed by atoms with van der Waals surface area (Å²) in [5.74, 6) is -0.929. The zero-order valence-corrected chi connectivity index (χ0v) is 22.8. The van der Waals surface area contributed by atoms with Gasteiger partial charge in [0.25, 0.3) is 11.8 Å². The molecule has 0 spiro atoms. The standard InChI is InChI=1S/C27H20Cl2N4O3S2/c28-19-7-6-18(22(29)15-19)14-23(32-25(35)17-4-2-1-3-5-17)26(36)31-20-8-10-21(11-9-20)38-16-24(34)33-27-30-12-13-37-27/h1-15H,16H2,(H,31,36)(H,32,35)(H,30,33,34)/b23-14-. The highest BCUT2D eigenvalue weighted by Gasteiger charge is 2.16. The molecule has 38 heavy (non-hydrogen) atoms. The van der Waals surface area contributed by atoms with E-state index in [-0.39, 0.29) is 17.4 Å². The quantitative estimate of drug-likeness (QED) is 0.153. The summed E-state index contributed by atoms with van der Waals surface area (Å²) in [7, 11) is 0. The Kier molecular flexibility index (Phi) is 9.56. The monoisotopic (exact) mass is 582 g/mol. The van der Waals surface area contributed by atoms with Crippen LogP contribution >= 0.6 is 46.3 Å². The number of thiazole rings is 1. The molecule has 0 aliphatic rings. The van der Waals surface area contributed by atoms with Crippen molar-refractivity contribution < 1.29 is 14.4 Å². The number of thioether (sulfide) groups is 1. The van der Waals surface area contributed by atoms with Gasteiger partial charge in [-0.1, -0.05) is 47.5 Å². The second kappa shape index (κ2) is 13.3. The van der Waals surface area contributed by atoms with Gasteiger partial charge in [0.15, 0.2) is 5.13 Å². The fraction of sp³-hybridized carbons (Fsp3) is 0.0370. The molecule has 3 amide bonds. The van der Waals surface area contributed by atoms with Crippen LogP contribution in [0.3, 0.4) is 0 Å². The summed E-state index contributed by atoms with van der Waals surface area (Å²) >= 11 is 15.0. The number of hydrogen-bond donors (Lipinski definition) is 3. The number of benzene rings is 3. The molecule has 11 heteroatoms.